The molecular weight excluding hydrogens is 637 g/mol. The predicted octanol–water partition coefficient (Wildman–Crippen LogP) is 7.81. The number of hydrogen-bond donors (Lipinski definition) is 0. The van der Waals surface area contributed by atoms with Crippen LogP contribution in [-0.2, 0) is 25.8 Å². The first-order valence-corrected chi connectivity index (χ1v) is 17.6. The maximum atomic E-state index is 13.0. The Hall–Kier alpha value is -2.92. The SMILES string of the molecule is CCN1C(=O)C(=NC2=Cc3cc4c(cc3C2(C)C)-c2cc3c(cc2C4(C)C)C=C(N=C2SC(=S)N(CC)C2=O)C3(C)C)SC1=S. The summed E-state index contributed by atoms with van der Waals surface area (Å²) in [6, 6.07) is 9.32. The molecule has 6 nitrogen and oxygen atoms in total. The third-order valence-corrected chi connectivity index (χ3v) is 12.6. The fraction of sp³-hybridized carbons (Fsp3) is 0.371. The van der Waals surface area contributed by atoms with E-state index in [-0.39, 0.29) is 28.1 Å². The molecule has 45 heavy (non-hydrogen) atoms. The number of fused-ring (bicyclic) bond motifs is 5. The van der Waals surface area contributed by atoms with Gasteiger partial charge in [-0.15, -0.1) is 0 Å². The molecule has 0 radical (unpaired) electrons. The summed E-state index contributed by atoms with van der Waals surface area (Å²) in [6.45, 7) is 18.2. The van der Waals surface area contributed by atoms with Crippen LogP contribution in [0.15, 0.2) is 45.6 Å². The van der Waals surface area contributed by atoms with Gasteiger partial charge >= 0.3 is 0 Å². The first kappa shape index (κ1) is 30.7. The van der Waals surface area contributed by atoms with E-state index < -0.39 is 0 Å². The lowest BCUT2D eigenvalue weighted by Gasteiger charge is -2.25. The third kappa shape index (κ3) is 4.28. The molecule has 2 saturated heterocycles. The van der Waals surface area contributed by atoms with Gasteiger partial charge < -0.3 is 0 Å². The first-order chi connectivity index (χ1) is 21.1. The van der Waals surface area contributed by atoms with Crippen LogP contribution in [0, 0.1) is 0 Å². The Morgan fingerprint density at radius 2 is 1.00 bits per heavy atom. The molecule has 2 aromatic carbocycles. The molecule has 0 atom stereocenters. The highest BCUT2D eigenvalue weighted by Gasteiger charge is 2.44. The van der Waals surface area contributed by atoms with E-state index in [4.69, 9.17) is 34.4 Å². The van der Waals surface area contributed by atoms with E-state index >= 15 is 0 Å². The van der Waals surface area contributed by atoms with Crippen LogP contribution in [0.25, 0.3) is 23.3 Å². The smallest absolute Gasteiger partial charge is 0.284 e. The van der Waals surface area contributed by atoms with Gasteiger partial charge in [0.15, 0.2) is 10.1 Å². The van der Waals surface area contributed by atoms with Crippen molar-refractivity contribution in [3.05, 3.63) is 69.0 Å². The van der Waals surface area contributed by atoms with Gasteiger partial charge in [-0.3, -0.25) is 19.4 Å². The van der Waals surface area contributed by atoms with Crippen molar-refractivity contribution in [3.63, 3.8) is 0 Å². The number of carbonyl (C=O) groups excluding carboxylic acids is 2. The Kier molecular flexibility index (Phi) is 6.85. The van der Waals surface area contributed by atoms with E-state index in [2.05, 4.69) is 78.0 Å². The van der Waals surface area contributed by atoms with Crippen molar-refractivity contribution < 1.29 is 9.59 Å². The van der Waals surface area contributed by atoms with Gasteiger partial charge in [-0.25, -0.2) is 9.98 Å². The number of nitrogens with zero attached hydrogens (tertiary/aromatic N) is 4. The number of hydrogen-bond acceptors (Lipinski definition) is 8. The normalized spacial score (nSPS) is 23.6. The van der Waals surface area contributed by atoms with Crippen LogP contribution < -0.4 is 0 Å². The van der Waals surface area contributed by atoms with Crippen LogP contribution >= 0.6 is 48.0 Å². The fourth-order valence-electron chi connectivity index (χ4n) is 7.12. The van der Waals surface area contributed by atoms with E-state index in [1.54, 1.807) is 9.80 Å². The van der Waals surface area contributed by atoms with E-state index in [9.17, 15) is 9.59 Å². The molecule has 2 aromatic rings. The van der Waals surface area contributed by atoms with Crippen LogP contribution in [0.1, 0.15) is 88.8 Å². The van der Waals surface area contributed by atoms with Crippen LogP contribution in [-0.4, -0.2) is 53.4 Å². The maximum Gasteiger partial charge on any atom is 0.284 e. The molecule has 7 rings (SSSR count). The maximum absolute atomic E-state index is 13.0. The topological polar surface area (TPSA) is 65.3 Å². The lowest BCUT2D eigenvalue weighted by Crippen LogP contribution is -2.29. The van der Waals surface area contributed by atoms with Gasteiger partial charge in [0.25, 0.3) is 11.8 Å². The number of thiocarbonyl (C=S) groups is 2. The van der Waals surface area contributed by atoms with Crippen LogP contribution in [0.3, 0.4) is 0 Å². The number of rotatable bonds is 4. The highest BCUT2D eigenvalue weighted by Crippen LogP contribution is 2.56. The molecule has 0 saturated carbocycles. The molecule has 2 fully saturated rings. The molecule has 0 unspecified atom stereocenters. The monoisotopic (exact) mass is 670 g/mol. The minimum atomic E-state index is -0.383. The van der Waals surface area contributed by atoms with Crippen molar-refractivity contribution in [2.75, 3.05) is 13.1 Å². The van der Waals surface area contributed by atoms with Gasteiger partial charge in [0.05, 0.1) is 11.4 Å². The van der Waals surface area contributed by atoms with Gasteiger partial charge in [0.2, 0.25) is 0 Å². The molecule has 5 aliphatic rings. The van der Waals surface area contributed by atoms with Crippen molar-refractivity contribution in [1.82, 2.24) is 9.80 Å². The van der Waals surface area contributed by atoms with Crippen LogP contribution in [0.5, 0.6) is 0 Å². The summed E-state index contributed by atoms with van der Waals surface area (Å²) < 4.78 is 1.12. The number of thioether (sulfide) groups is 2. The molecule has 0 N–H and O–H groups in total. The van der Waals surface area contributed by atoms with Crippen molar-refractivity contribution in [2.24, 2.45) is 9.98 Å². The summed E-state index contributed by atoms with van der Waals surface area (Å²) >= 11 is 13.4. The number of aliphatic imine (C=N–C) groups is 2. The van der Waals surface area contributed by atoms with E-state index in [1.165, 1.54) is 56.9 Å². The number of benzene rings is 2. The molecule has 0 bridgehead atoms. The Labute approximate surface area is 283 Å². The average molecular weight is 671 g/mol. The zero-order chi connectivity index (χ0) is 32.4. The summed E-state index contributed by atoms with van der Waals surface area (Å²) in [5, 5.41) is 0.887. The highest BCUT2D eigenvalue weighted by molar-refractivity contribution is 8.35. The van der Waals surface area contributed by atoms with E-state index in [0.29, 0.717) is 31.8 Å². The van der Waals surface area contributed by atoms with Gasteiger partial charge in [-0.2, -0.15) is 0 Å². The Bertz CT molecular complexity index is 1810. The standard InChI is InChI=1S/C35H34N4O2S4/c1-9-38-29(40)27(44-31(38)42)36-25-13-17-11-23-19(15-21(17)34(25,5)6)20-16-22-18(12-24(20)33(23,3)4)14-26(35(22,7)8)37-28-30(41)39(10-2)32(43)45-28/h11-16H,9-10H2,1-8H3. The summed E-state index contributed by atoms with van der Waals surface area (Å²) in [4.78, 5) is 38.9. The predicted molar refractivity (Wildman–Crippen MR) is 196 cm³/mol. The quantitative estimate of drug-likeness (QED) is 0.309. The Morgan fingerprint density at radius 3 is 1.33 bits per heavy atom. The summed E-state index contributed by atoms with van der Waals surface area (Å²) in [5.74, 6) is -0.234. The molecule has 2 heterocycles. The Morgan fingerprint density at radius 1 is 0.622 bits per heavy atom. The van der Waals surface area contributed by atoms with Crippen LogP contribution in [0.4, 0.5) is 0 Å². The third-order valence-electron chi connectivity index (χ3n) is 9.97. The van der Waals surface area contributed by atoms with Crippen LogP contribution in [0.2, 0.25) is 0 Å². The van der Waals surface area contributed by atoms with E-state index in [1.807, 2.05) is 13.8 Å². The molecule has 230 valence electrons. The summed E-state index contributed by atoms with van der Waals surface area (Å²) in [5.41, 5.74) is 10.5. The number of allylic oxidation sites excluding steroid dienone is 2. The first-order valence-electron chi connectivity index (χ1n) is 15.2. The molecule has 2 aliphatic heterocycles. The molecule has 10 heteroatoms. The average Bonchev–Trinajstić information content (AvgIpc) is 3.64. The minimum Gasteiger partial charge on any atom is -0.292 e. The second-order valence-corrected chi connectivity index (χ2v) is 16.8. The summed E-state index contributed by atoms with van der Waals surface area (Å²) in [7, 11) is 0. The van der Waals surface area contributed by atoms with Gasteiger partial charge in [-0.1, -0.05) is 66.0 Å². The van der Waals surface area contributed by atoms with E-state index in [0.717, 1.165) is 22.5 Å². The minimum absolute atomic E-state index is 0.117. The molecular formula is C35H34N4O2S4. The molecule has 0 spiro atoms. The zero-order valence-corrected chi connectivity index (χ0v) is 29.9. The molecule has 0 aromatic heterocycles. The highest BCUT2D eigenvalue weighted by atomic mass is 32.2. The lowest BCUT2D eigenvalue weighted by atomic mass is 9.79. The van der Waals surface area contributed by atoms with Crippen molar-refractivity contribution in [1.29, 1.82) is 0 Å². The van der Waals surface area contributed by atoms with Gasteiger partial charge in [0, 0.05) is 29.3 Å². The fourth-order valence-corrected chi connectivity index (χ4v) is 9.68. The van der Waals surface area contributed by atoms with Crippen molar-refractivity contribution >= 4 is 90.7 Å². The van der Waals surface area contributed by atoms with Crippen molar-refractivity contribution in [2.45, 2.75) is 71.6 Å². The second kappa shape index (κ2) is 10.0. The largest absolute Gasteiger partial charge is 0.292 e. The van der Waals surface area contributed by atoms with Gasteiger partial charge in [-0.05, 0) is 118 Å². The zero-order valence-electron chi connectivity index (χ0n) is 26.6. The molecule has 3 aliphatic carbocycles. The summed E-state index contributed by atoms with van der Waals surface area (Å²) in [6.07, 6.45) is 4.27. The second-order valence-electron chi connectivity index (χ2n) is 13.6. The van der Waals surface area contributed by atoms with Crippen molar-refractivity contribution in [3.8, 4) is 11.1 Å². The van der Waals surface area contributed by atoms with Gasteiger partial charge in [0.1, 0.15) is 8.64 Å². The Balaban J connectivity index is 1.28. The lowest BCUT2D eigenvalue weighted by molar-refractivity contribution is -0.120. The number of carbonyl (C=O) groups is 2. The number of amides is 2. The molecule has 2 amide bonds.